The Morgan fingerprint density at radius 2 is 2.12 bits per heavy atom. The lowest BCUT2D eigenvalue weighted by Gasteiger charge is -2.14. The van der Waals surface area contributed by atoms with Crippen LogP contribution < -0.4 is 10.9 Å². The van der Waals surface area contributed by atoms with E-state index in [0.717, 1.165) is 10.0 Å². The van der Waals surface area contributed by atoms with E-state index in [1.54, 1.807) is 6.08 Å². The Bertz CT molecular complexity index is 752. The number of halogens is 1. The highest BCUT2D eigenvalue weighted by molar-refractivity contribution is 9.10. The number of nitrogens with one attached hydrogen (secondary N) is 2. The summed E-state index contributed by atoms with van der Waals surface area (Å²) in [6, 6.07) is 7.63. The molecule has 3 amide bonds. The maximum absolute atomic E-state index is 12.5. The van der Waals surface area contributed by atoms with Crippen LogP contribution in [0.5, 0.6) is 0 Å². The van der Waals surface area contributed by atoms with Gasteiger partial charge < -0.3 is 0 Å². The van der Waals surface area contributed by atoms with Crippen LogP contribution in [0.2, 0.25) is 0 Å². The van der Waals surface area contributed by atoms with Crippen LogP contribution in [0.15, 0.2) is 33.6 Å². The molecule has 0 unspecified atom stereocenters. The predicted molar refractivity (Wildman–Crippen MR) is 105 cm³/mol. The van der Waals surface area contributed by atoms with Crippen molar-refractivity contribution in [1.82, 2.24) is 15.8 Å². The molecule has 2 N–H and O–H groups in total. The van der Waals surface area contributed by atoms with Crippen molar-refractivity contribution in [2.24, 2.45) is 0 Å². The molecular weight excluding hydrogens is 426 g/mol. The molecule has 1 aliphatic rings. The van der Waals surface area contributed by atoms with Gasteiger partial charge in [-0.15, -0.1) is 0 Å². The van der Waals surface area contributed by atoms with Crippen molar-refractivity contribution in [1.29, 1.82) is 0 Å². The second-order valence-electron chi connectivity index (χ2n) is 5.22. The van der Waals surface area contributed by atoms with Crippen molar-refractivity contribution in [3.05, 3.63) is 39.2 Å². The zero-order valence-electron chi connectivity index (χ0n) is 13.4. The average Bonchev–Trinajstić information content (AvgIpc) is 2.80. The average molecular weight is 442 g/mol. The fourth-order valence-corrected chi connectivity index (χ4v) is 3.78. The van der Waals surface area contributed by atoms with Crippen LogP contribution in [0.4, 0.5) is 0 Å². The molecule has 1 aromatic carbocycles. The van der Waals surface area contributed by atoms with Crippen molar-refractivity contribution in [2.75, 3.05) is 6.54 Å². The van der Waals surface area contributed by atoms with Gasteiger partial charge in [-0.1, -0.05) is 52.0 Å². The Balaban J connectivity index is 1.90. The smallest absolute Gasteiger partial charge is 0.266 e. The van der Waals surface area contributed by atoms with Gasteiger partial charge in [0.2, 0.25) is 11.8 Å². The Kier molecular flexibility index (Phi) is 7.15. The van der Waals surface area contributed by atoms with Gasteiger partial charge in [-0.3, -0.25) is 30.1 Å². The minimum atomic E-state index is -0.344. The Morgan fingerprint density at radius 3 is 2.80 bits per heavy atom. The third-order valence-corrected chi connectivity index (χ3v) is 5.05. The summed E-state index contributed by atoms with van der Waals surface area (Å²) in [4.78, 5) is 36.8. The van der Waals surface area contributed by atoms with Crippen LogP contribution in [-0.2, 0) is 14.4 Å². The van der Waals surface area contributed by atoms with Crippen LogP contribution >= 0.6 is 39.9 Å². The molecule has 25 heavy (non-hydrogen) atoms. The van der Waals surface area contributed by atoms with Gasteiger partial charge in [-0.2, -0.15) is 0 Å². The van der Waals surface area contributed by atoms with E-state index in [9.17, 15) is 14.4 Å². The lowest BCUT2D eigenvalue weighted by molar-refractivity contribution is -0.128. The normalized spacial score (nSPS) is 15.6. The van der Waals surface area contributed by atoms with Gasteiger partial charge in [-0.05, 0) is 30.2 Å². The topological polar surface area (TPSA) is 78.5 Å². The fraction of sp³-hybridized carbons (Fsp3) is 0.250. The lowest BCUT2D eigenvalue weighted by Crippen LogP contribution is -2.40. The number of carbonyl (C=O) groups is 3. The maximum Gasteiger partial charge on any atom is 0.266 e. The second kappa shape index (κ2) is 9.12. The van der Waals surface area contributed by atoms with Crippen molar-refractivity contribution >= 4 is 68.0 Å². The fourth-order valence-electron chi connectivity index (χ4n) is 2.06. The van der Waals surface area contributed by atoms with Crippen molar-refractivity contribution in [2.45, 2.75) is 19.8 Å². The minimum Gasteiger partial charge on any atom is -0.293 e. The van der Waals surface area contributed by atoms with E-state index >= 15 is 0 Å². The molecule has 9 heteroatoms. The molecular formula is C16H16BrN3O3S2. The van der Waals surface area contributed by atoms with E-state index in [0.29, 0.717) is 22.2 Å². The van der Waals surface area contributed by atoms with Crippen molar-refractivity contribution in [3.8, 4) is 0 Å². The van der Waals surface area contributed by atoms with Crippen LogP contribution in [0, 0.1) is 0 Å². The number of benzene rings is 1. The molecule has 0 radical (unpaired) electrons. The summed E-state index contributed by atoms with van der Waals surface area (Å²) in [7, 11) is 0. The third-order valence-electron chi connectivity index (χ3n) is 3.18. The molecule has 6 nitrogen and oxygen atoms in total. The van der Waals surface area contributed by atoms with Crippen LogP contribution in [-0.4, -0.2) is 33.5 Å². The SMILES string of the molecule is CC(=O)NNC(=O)CCCN1C(=O)C(=Cc2cccc(Br)c2)SC1=S. The Labute approximate surface area is 163 Å². The van der Waals surface area contributed by atoms with Crippen molar-refractivity contribution < 1.29 is 14.4 Å². The van der Waals surface area contributed by atoms with Gasteiger partial charge in [0.25, 0.3) is 5.91 Å². The van der Waals surface area contributed by atoms with E-state index in [2.05, 4.69) is 26.8 Å². The van der Waals surface area contributed by atoms with E-state index in [1.165, 1.54) is 23.6 Å². The summed E-state index contributed by atoms with van der Waals surface area (Å²) in [5, 5.41) is 0. The molecule has 0 atom stereocenters. The summed E-state index contributed by atoms with van der Waals surface area (Å²) in [5.74, 6) is -0.814. The number of amides is 3. The van der Waals surface area contributed by atoms with Gasteiger partial charge >= 0.3 is 0 Å². The summed E-state index contributed by atoms with van der Waals surface area (Å²) < 4.78 is 1.41. The highest BCUT2D eigenvalue weighted by atomic mass is 79.9. The highest BCUT2D eigenvalue weighted by Crippen LogP contribution is 2.33. The zero-order chi connectivity index (χ0) is 18.4. The standard InChI is InChI=1S/C16H16BrN3O3S2/c1-10(21)18-19-14(22)6-3-7-20-15(23)13(25-16(20)24)9-11-4-2-5-12(17)8-11/h2,4-5,8-9H,3,6-7H2,1H3,(H,18,21)(H,19,22). The molecule has 2 rings (SSSR count). The van der Waals surface area contributed by atoms with Gasteiger partial charge in [0, 0.05) is 24.4 Å². The summed E-state index contributed by atoms with van der Waals surface area (Å²) >= 11 is 9.91. The predicted octanol–water partition coefficient (Wildman–Crippen LogP) is 2.60. The quantitative estimate of drug-likeness (QED) is 0.417. The molecule has 0 spiro atoms. The van der Waals surface area contributed by atoms with E-state index in [-0.39, 0.29) is 24.1 Å². The Morgan fingerprint density at radius 1 is 1.36 bits per heavy atom. The number of carbonyl (C=O) groups excluding carboxylic acids is 3. The summed E-state index contributed by atoms with van der Waals surface area (Å²) in [6.07, 6.45) is 2.43. The molecule has 0 aliphatic carbocycles. The molecule has 1 aliphatic heterocycles. The summed E-state index contributed by atoms with van der Waals surface area (Å²) in [5.41, 5.74) is 5.41. The van der Waals surface area contributed by atoms with E-state index in [1.807, 2.05) is 24.3 Å². The number of nitrogens with zero attached hydrogens (tertiary/aromatic N) is 1. The summed E-state index contributed by atoms with van der Waals surface area (Å²) in [6.45, 7) is 1.66. The molecule has 132 valence electrons. The number of hydrazine groups is 1. The number of rotatable bonds is 5. The van der Waals surface area contributed by atoms with E-state index < -0.39 is 0 Å². The number of thioether (sulfide) groups is 1. The number of hydrogen-bond donors (Lipinski definition) is 2. The van der Waals surface area contributed by atoms with Crippen molar-refractivity contribution in [3.63, 3.8) is 0 Å². The maximum atomic E-state index is 12.5. The van der Waals surface area contributed by atoms with Gasteiger partial charge in [0.15, 0.2) is 0 Å². The van der Waals surface area contributed by atoms with Gasteiger partial charge in [0.1, 0.15) is 4.32 Å². The van der Waals surface area contributed by atoms with E-state index in [4.69, 9.17) is 12.2 Å². The first kappa shape index (κ1) is 19.6. The first-order valence-corrected chi connectivity index (χ1v) is 9.45. The van der Waals surface area contributed by atoms with Crippen LogP contribution in [0.3, 0.4) is 0 Å². The lowest BCUT2D eigenvalue weighted by atomic mass is 10.2. The molecule has 1 fully saturated rings. The molecule has 0 saturated carbocycles. The minimum absolute atomic E-state index is 0.155. The number of hydrogen-bond acceptors (Lipinski definition) is 5. The van der Waals surface area contributed by atoms with Crippen LogP contribution in [0.1, 0.15) is 25.3 Å². The van der Waals surface area contributed by atoms with Gasteiger partial charge in [0.05, 0.1) is 4.91 Å². The first-order chi connectivity index (χ1) is 11.9. The largest absolute Gasteiger partial charge is 0.293 e. The second-order valence-corrected chi connectivity index (χ2v) is 7.81. The molecule has 0 bridgehead atoms. The highest BCUT2D eigenvalue weighted by Gasteiger charge is 2.31. The third kappa shape index (κ3) is 5.94. The van der Waals surface area contributed by atoms with Gasteiger partial charge in [-0.25, -0.2) is 0 Å². The zero-order valence-corrected chi connectivity index (χ0v) is 16.6. The monoisotopic (exact) mass is 441 g/mol. The molecule has 1 saturated heterocycles. The molecule has 1 aromatic rings. The first-order valence-electron chi connectivity index (χ1n) is 7.43. The number of thiocarbonyl (C=S) groups is 1. The van der Waals surface area contributed by atoms with Crippen LogP contribution in [0.25, 0.3) is 6.08 Å². The Hall–Kier alpha value is -1.71. The molecule has 0 aromatic heterocycles. The molecule has 1 heterocycles.